The Labute approximate surface area is 176 Å². The molecule has 2 atom stereocenters. The molecule has 0 amide bonds. The van der Waals surface area contributed by atoms with Gasteiger partial charge in [-0.2, -0.15) is 0 Å². The van der Waals surface area contributed by atoms with Crippen molar-refractivity contribution in [3.8, 4) is 11.5 Å². The van der Waals surface area contributed by atoms with Gasteiger partial charge in [0.2, 0.25) is 6.29 Å². The first-order valence-electron chi connectivity index (χ1n) is 11.3. The Kier molecular flexibility index (Phi) is 8.88. The fourth-order valence-corrected chi connectivity index (χ4v) is 3.90. The maximum atomic E-state index is 6.15. The highest BCUT2D eigenvalue weighted by molar-refractivity contribution is 5.29. The molecule has 0 heterocycles. The van der Waals surface area contributed by atoms with Crippen LogP contribution in [-0.4, -0.2) is 19.5 Å². The normalized spacial score (nSPS) is 16.9. The largest absolute Gasteiger partial charge is 0.487 e. The highest BCUT2D eigenvalue weighted by atomic mass is 16.7. The van der Waals surface area contributed by atoms with Crippen LogP contribution in [-0.2, 0) is 4.74 Å². The molecule has 0 N–H and O–H groups in total. The van der Waals surface area contributed by atoms with Crippen molar-refractivity contribution in [1.29, 1.82) is 0 Å². The van der Waals surface area contributed by atoms with Crippen LogP contribution in [0.15, 0.2) is 54.6 Å². The lowest BCUT2D eigenvalue weighted by Gasteiger charge is -2.24. The van der Waals surface area contributed by atoms with E-state index in [-0.39, 0.29) is 0 Å². The zero-order valence-corrected chi connectivity index (χ0v) is 18.0. The van der Waals surface area contributed by atoms with Gasteiger partial charge in [-0.1, -0.05) is 76.3 Å². The van der Waals surface area contributed by atoms with Gasteiger partial charge in [0.15, 0.2) is 6.61 Å². The van der Waals surface area contributed by atoms with Crippen molar-refractivity contribution in [1.82, 2.24) is 0 Å². The predicted molar refractivity (Wildman–Crippen MR) is 119 cm³/mol. The van der Waals surface area contributed by atoms with Crippen molar-refractivity contribution in [3.05, 3.63) is 60.2 Å². The van der Waals surface area contributed by atoms with Crippen molar-refractivity contribution in [3.63, 3.8) is 0 Å². The maximum absolute atomic E-state index is 6.15. The first-order valence-corrected chi connectivity index (χ1v) is 11.3. The molecule has 2 unspecified atom stereocenters. The Morgan fingerprint density at radius 3 is 2.31 bits per heavy atom. The van der Waals surface area contributed by atoms with Crippen LogP contribution in [0.4, 0.5) is 0 Å². The van der Waals surface area contributed by atoms with Crippen molar-refractivity contribution in [2.75, 3.05) is 13.2 Å². The lowest BCUT2D eigenvalue weighted by molar-refractivity contribution is -0.105. The number of benzene rings is 2. The average molecular weight is 397 g/mol. The third-order valence-corrected chi connectivity index (χ3v) is 6.01. The second kappa shape index (κ2) is 11.9. The van der Waals surface area contributed by atoms with Gasteiger partial charge in [-0.15, -0.1) is 0 Å². The molecule has 158 valence electrons. The summed E-state index contributed by atoms with van der Waals surface area (Å²) in [4.78, 5) is 0. The van der Waals surface area contributed by atoms with Crippen LogP contribution in [0.1, 0.15) is 70.3 Å². The third-order valence-electron chi connectivity index (χ3n) is 6.01. The fraction of sp³-hybridized carbons (Fsp3) is 0.538. The minimum atomic E-state index is -0.409. The molecule has 1 aliphatic rings. The summed E-state index contributed by atoms with van der Waals surface area (Å²) < 4.78 is 18.2. The fourth-order valence-electron chi connectivity index (χ4n) is 3.90. The Bertz CT molecular complexity index is 677. The monoisotopic (exact) mass is 396 g/mol. The summed E-state index contributed by atoms with van der Waals surface area (Å²) in [6, 6.07) is 18.2. The Hall–Kier alpha value is -2.00. The molecule has 29 heavy (non-hydrogen) atoms. The van der Waals surface area contributed by atoms with Crippen LogP contribution < -0.4 is 9.47 Å². The Balaban J connectivity index is 1.55. The first kappa shape index (κ1) is 21.7. The number of hydrogen-bond donors (Lipinski definition) is 0. The van der Waals surface area contributed by atoms with E-state index in [0.717, 1.165) is 36.9 Å². The van der Waals surface area contributed by atoms with Gasteiger partial charge in [0, 0.05) is 0 Å². The molecule has 3 rings (SSSR count). The molecular formula is C26H36O3. The average Bonchev–Trinajstić information content (AvgIpc) is 2.78. The van der Waals surface area contributed by atoms with E-state index in [1.165, 1.54) is 37.7 Å². The number of para-hydroxylation sites is 1. The molecule has 1 saturated carbocycles. The minimum absolute atomic E-state index is 0.377. The standard InChI is InChI=1S/C26H36O3/c1-3-21(2)23-14-16-25(17-15-23)29-26(20-28-24-12-8-5-9-13-24)27-19-18-22-10-6-4-7-11-22/h5,8-9,12-17,21-22,26H,3-4,6-7,10-11,18-20H2,1-2H3. The van der Waals surface area contributed by atoms with E-state index in [1.54, 1.807) is 0 Å². The Morgan fingerprint density at radius 1 is 0.897 bits per heavy atom. The van der Waals surface area contributed by atoms with Crippen LogP contribution in [0.2, 0.25) is 0 Å². The first-order chi connectivity index (χ1) is 14.2. The van der Waals surface area contributed by atoms with Gasteiger partial charge in [-0.3, -0.25) is 0 Å². The van der Waals surface area contributed by atoms with Crippen LogP contribution in [0.5, 0.6) is 11.5 Å². The summed E-state index contributed by atoms with van der Waals surface area (Å²) in [5, 5.41) is 0. The van der Waals surface area contributed by atoms with Gasteiger partial charge in [-0.05, 0) is 54.5 Å². The maximum Gasteiger partial charge on any atom is 0.234 e. The highest BCUT2D eigenvalue weighted by Gasteiger charge is 2.17. The number of ether oxygens (including phenoxy) is 3. The quantitative estimate of drug-likeness (QED) is 0.384. The molecule has 0 aromatic heterocycles. The molecule has 1 aliphatic carbocycles. The SMILES string of the molecule is CCC(C)c1ccc(OC(COc2ccccc2)OCCC2CCCCC2)cc1. The molecule has 0 aliphatic heterocycles. The van der Waals surface area contributed by atoms with Crippen LogP contribution in [0.3, 0.4) is 0 Å². The summed E-state index contributed by atoms with van der Waals surface area (Å²) in [6.07, 6.45) is 8.64. The number of rotatable bonds is 11. The van der Waals surface area contributed by atoms with Crippen molar-refractivity contribution in [2.24, 2.45) is 5.92 Å². The summed E-state index contributed by atoms with van der Waals surface area (Å²) in [7, 11) is 0. The van der Waals surface area contributed by atoms with Gasteiger partial charge in [-0.25, -0.2) is 0 Å². The second-order valence-electron chi connectivity index (χ2n) is 8.21. The molecule has 3 nitrogen and oxygen atoms in total. The van der Waals surface area contributed by atoms with Crippen molar-refractivity contribution >= 4 is 0 Å². The lowest BCUT2D eigenvalue weighted by atomic mass is 9.87. The van der Waals surface area contributed by atoms with Gasteiger partial charge in [0.05, 0.1) is 6.61 Å². The van der Waals surface area contributed by atoms with Gasteiger partial charge < -0.3 is 14.2 Å². The zero-order valence-electron chi connectivity index (χ0n) is 18.0. The summed E-state index contributed by atoms with van der Waals surface area (Å²) in [6.45, 7) is 5.56. The molecule has 0 radical (unpaired) electrons. The molecule has 2 aromatic rings. The van der Waals surface area contributed by atoms with Crippen LogP contribution >= 0.6 is 0 Å². The van der Waals surface area contributed by atoms with E-state index in [4.69, 9.17) is 14.2 Å². The topological polar surface area (TPSA) is 27.7 Å². The van der Waals surface area contributed by atoms with Crippen LogP contribution in [0.25, 0.3) is 0 Å². The highest BCUT2D eigenvalue weighted by Crippen LogP contribution is 2.27. The molecule has 0 bridgehead atoms. The summed E-state index contributed by atoms with van der Waals surface area (Å²) in [5.74, 6) is 3.03. The van der Waals surface area contributed by atoms with E-state index in [1.807, 2.05) is 42.5 Å². The number of hydrogen-bond acceptors (Lipinski definition) is 3. The summed E-state index contributed by atoms with van der Waals surface area (Å²) >= 11 is 0. The molecule has 0 spiro atoms. The molecule has 3 heteroatoms. The second-order valence-corrected chi connectivity index (χ2v) is 8.21. The molecule has 0 saturated heterocycles. The smallest absolute Gasteiger partial charge is 0.234 e. The lowest BCUT2D eigenvalue weighted by Crippen LogP contribution is -2.29. The minimum Gasteiger partial charge on any atom is -0.487 e. The Morgan fingerprint density at radius 2 is 1.62 bits per heavy atom. The van der Waals surface area contributed by atoms with Crippen LogP contribution in [0, 0.1) is 5.92 Å². The van der Waals surface area contributed by atoms with E-state index >= 15 is 0 Å². The van der Waals surface area contributed by atoms with Crippen molar-refractivity contribution < 1.29 is 14.2 Å². The van der Waals surface area contributed by atoms with E-state index in [9.17, 15) is 0 Å². The van der Waals surface area contributed by atoms with E-state index in [0.29, 0.717) is 12.5 Å². The predicted octanol–water partition coefficient (Wildman–Crippen LogP) is 6.97. The van der Waals surface area contributed by atoms with Gasteiger partial charge >= 0.3 is 0 Å². The van der Waals surface area contributed by atoms with Crippen molar-refractivity contribution in [2.45, 2.75) is 71.0 Å². The molecule has 2 aromatic carbocycles. The van der Waals surface area contributed by atoms with Gasteiger partial charge in [0.25, 0.3) is 0 Å². The van der Waals surface area contributed by atoms with E-state index < -0.39 is 6.29 Å². The third kappa shape index (κ3) is 7.40. The van der Waals surface area contributed by atoms with Gasteiger partial charge in [0.1, 0.15) is 11.5 Å². The summed E-state index contributed by atoms with van der Waals surface area (Å²) in [5.41, 5.74) is 1.34. The molecular weight excluding hydrogens is 360 g/mol. The molecule has 1 fully saturated rings. The zero-order chi connectivity index (χ0) is 20.3. The van der Waals surface area contributed by atoms with E-state index in [2.05, 4.69) is 26.0 Å².